The van der Waals surface area contributed by atoms with Gasteiger partial charge in [0.15, 0.2) is 11.4 Å². The first-order valence-corrected chi connectivity index (χ1v) is 13.6. The van der Waals surface area contributed by atoms with E-state index >= 15 is 0 Å². The molecule has 0 saturated heterocycles. The molecule has 0 radical (unpaired) electrons. The predicted molar refractivity (Wildman–Crippen MR) is 157 cm³/mol. The van der Waals surface area contributed by atoms with Crippen molar-refractivity contribution in [2.45, 2.75) is 19.8 Å². The number of nitrogens with one attached hydrogen (secondary N) is 2. The van der Waals surface area contributed by atoms with Gasteiger partial charge in [0, 0.05) is 10.9 Å². The van der Waals surface area contributed by atoms with Crippen LogP contribution in [0, 0.1) is 0 Å². The summed E-state index contributed by atoms with van der Waals surface area (Å²) in [5.41, 5.74) is -0.353. The Bertz CT molecular complexity index is 1720. The number of esters is 2. The summed E-state index contributed by atoms with van der Waals surface area (Å²) >= 11 is 6.19. The van der Waals surface area contributed by atoms with Gasteiger partial charge in [-0.1, -0.05) is 60.1 Å². The molecule has 42 heavy (non-hydrogen) atoms. The monoisotopic (exact) mass is 586 g/mol. The first-order chi connectivity index (χ1) is 20.3. The summed E-state index contributed by atoms with van der Waals surface area (Å²) in [5.74, 6) is -2.80. The molecular weight excluding hydrogens is 560 g/mol. The summed E-state index contributed by atoms with van der Waals surface area (Å²) in [7, 11) is 0. The van der Waals surface area contributed by atoms with E-state index in [1.165, 1.54) is 9.36 Å². The van der Waals surface area contributed by atoms with E-state index in [2.05, 4.69) is 10.2 Å². The molecule has 0 aliphatic heterocycles. The van der Waals surface area contributed by atoms with Crippen LogP contribution in [-0.2, 0) is 9.47 Å². The first-order valence-electron chi connectivity index (χ1n) is 13.3. The number of aromatic nitrogens is 4. The minimum atomic E-state index is -1.21. The second-order valence-electron chi connectivity index (χ2n) is 9.18. The van der Waals surface area contributed by atoms with Crippen LogP contribution in [0.1, 0.15) is 57.4 Å². The molecule has 2 N–H and O–H groups in total. The number of hydrogen-bond donors (Lipinski definition) is 2. The fraction of sp³-hybridized carbons (Fsp3) is 0.161. The molecule has 5 aromatic rings. The summed E-state index contributed by atoms with van der Waals surface area (Å²) in [6.45, 7) is 3.37. The quantitative estimate of drug-likeness (QED) is 0.238. The van der Waals surface area contributed by atoms with Gasteiger partial charge in [0.05, 0.1) is 35.7 Å². The minimum absolute atomic E-state index is 0.0431. The number of rotatable bonds is 9. The van der Waals surface area contributed by atoms with Gasteiger partial charge in [-0.2, -0.15) is 0 Å². The molecular formula is C31H27ClN4O6. The normalized spacial score (nSPS) is 11.0. The number of para-hydroxylation sites is 2. The van der Waals surface area contributed by atoms with E-state index in [1.807, 2.05) is 0 Å². The van der Waals surface area contributed by atoms with Crippen LogP contribution in [0.2, 0.25) is 5.02 Å². The van der Waals surface area contributed by atoms with Crippen molar-refractivity contribution in [2.75, 3.05) is 13.2 Å². The molecule has 0 spiro atoms. The van der Waals surface area contributed by atoms with Crippen molar-refractivity contribution in [3.8, 4) is 11.4 Å². The maximum absolute atomic E-state index is 14.2. The lowest BCUT2D eigenvalue weighted by atomic mass is 9.85. The Morgan fingerprint density at radius 3 is 1.48 bits per heavy atom. The van der Waals surface area contributed by atoms with Gasteiger partial charge in [-0.25, -0.2) is 19.0 Å². The Hall–Kier alpha value is -5.09. The summed E-state index contributed by atoms with van der Waals surface area (Å²) in [4.78, 5) is 55.0. The fourth-order valence-corrected chi connectivity index (χ4v) is 4.93. The zero-order chi connectivity index (χ0) is 29.8. The molecule has 11 heteroatoms. The molecule has 2 aromatic heterocycles. The second kappa shape index (κ2) is 12.2. The van der Waals surface area contributed by atoms with Gasteiger partial charge < -0.3 is 9.47 Å². The number of carbonyl (C=O) groups excluding carboxylic acids is 2. The van der Waals surface area contributed by atoms with Crippen LogP contribution < -0.4 is 11.1 Å². The highest BCUT2D eigenvalue weighted by molar-refractivity contribution is 6.30. The van der Waals surface area contributed by atoms with Crippen molar-refractivity contribution in [3.63, 3.8) is 0 Å². The van der Waals surface area contributed by atoms with Crippen molar-refractivity contribution in [2.24, 2.45) is 0 Å². The van der Waals surface area contributed by atoms with Crippen LogP contribution in [0.4, 0.5) is 0 Å². The van der Waals surface area contributed by atoms with E-state index < -0.39 is 29.0 Å². The Balaban J connectivity index is 1.88. The van der Waals surface area contributed by atoms with Crippen LogP contribution in [0.3, 0.4) is 0 Å². The van der Waals surface area contributed by atoms with E-state index in [4.69, 9.17) is 21.1 Å². The summed E-state index contributed by atoms with van der Waals surface area (Å²) < 4.78 is 13.0. The molecule has 3 aromatic carbocycles. The Morgan fingerprint density at radius 1 is 0.690 bits per heavy atom. The van der Waals surface area contributed by atoms with E-state index in [1.54, 1.807) is 98.8 Å². The lowest BCUT2D eigenvalue weighted by Gasteiger charge is -2.17. The molecule has 0 atom stereocenters. The standard InChI is InChI=1S/C31H27ClN4O6/c1-3-41-30(39)26-24(28(37)35(33-26)21-11-7-5-8-12-21)23(19-15-17-20(32)18-16-19)25-27(31(40)42-4-2)34-36(29(25)38)22-13-9-6-10-14-22/h5-18,23,33-34H,3-4H2,1-2H3. The lowest BCUT2D eigenvalue weighted by molar-refractivity contribution is 0.0510. The van der Waals surface area contributed by atoms with Gasteiger partial charge in [0.1, 0.15) is 0 Å². The summed E-state index contributed by atoms with van der Waals surface area (Å²) in [5, 5.41) is 6.18. The molecule has 0 bridgehead atoms. The van der Waals surface area contributed by atoms with Crippen molar-refractivity contribution in [1.29, 1.82) is 0 Å². The minimum Gasteiger partial charge on any atom is -0.461 e. The van der Waals surface area contributed by atoms with Crippen molar-refractivity contribution in [1.82, 2.24) is 19.6 Å². The largest absolute Gasteiger partial charge is 0.461 e. The third-order valence-electron chi connectivity index (χ3n) is 6.62. The molecule has 5 rings (SSSR count). The average Bonchev–Trinajstić information content (AvgIpc) is 3.53. The van der Waals surface area contributed by atoms with E-state index in [-0.39, 0.29) is 35.7 Å². The third kappa shape index (κ3) is 5.31. The third-order valence-corrected chi connectivity index (χ3v) is 6.87. The van der Waals surface area contributed by atoms with Gasteiger partial charge >= 0.3 is 11.9 Å². The van der Waals surface area contributed by atoms with Gasteiger partial charge in [-0.15, -0.1) is 0 Å². The fourth-order valence-electron chi connectivity index (χ4n) is 4.80. The number of hydrogen-bond acceptors (Lipinski definition) is 6. The first kappa shape index (κ1) is 28.4. The van der Waals surface area contributed by atoms with Crippen LogP contribution in [-0.4, -0.2) is 44.7 Å². The van der Waals surface area contributed by atoms with Crippen LogP contribution in [0.25, 0.3) is 11.4 Å². The molecule has 10 nitrogen and oxygen atoms in total. The van der Waals surface area contributed by atoms with Crippen LogP contribution in [0.5, 0.6) is 0 Å². The highest BCUT2D eigenvalue weighted by atomic mass is 35.5. The van der Waals surface area contributed by atoms with E-state index in [0.29, 0.717) is 22.0 Å². The highest BCUT2D eigenvalue weighted by Crippen LogP contribution is 2.34. The smallest absolute Gasteiger partial charge is 0.356 e. The van der Waals surface area contributed by atoms with Crippen molar-refractivity contribution < 1.29 is 19.1 Å². The Labute approximate surface area is 245 Å². The van der Waals surface area contributed by atoms with Crippen molar-refractivity contribution >= 4 is 23.5 Å². The number of ether oxygens (including phenoxy) is 2. The molecule has 0 fully saturated rings. The van der Waals surface area contributed by atoms with Crippen LogP contribution >= 0.6 is 11.6 Å². The molecule has 0 saturated carbocycles. The Kier molecular flexibility index (Phi) is 8.26. The predicted octanol–water partition coefficient (Wildman–Crippen LogP) is 4.83. The Morgan fingerprint density at radius 2 is 1.10 bits per heavy atom. The number of carbonyl (C=O) groups is 2. The number of aromatic amines is 2. The zero-order valence-electron chi connectivity index (χ0n) is 22.8. The number of H-pyrrole nitrogens is 2. The molecule has 214 valence electrons. The molecule has 0 amide bonds. The summed E-state index contributed by atoms with van der Waals surface area (Å²) in [6.07, 6.45) is 0. The maximum atomic E-state index is 14.2. The van der Waals surface area contributed by atoms with E-state index in [0.717, 1.165) is 0 Å². The van der Waals surface area contributed by atoms with Gasteiger partial charge in [0.25, 0.3) is 11.1 Å². The van der Waals surface area contributed by atoms with E-state index in [9.17, 15) is 19.2 Å². The number of nitrogens with zero attached hydrogens (tertiary/aromatic N) is 2. The van der Waals surface area contributed by atoms with Gasteiger partial charge in [0.2, 0.25) is 0 Å². The number of benzene rings is 3. The maximum Gasteiger partial charge on any atom is 0.356 e. The molecule has 2 heterocycles. The molecule has 0 aliphatic rings. The lowest BCUT2D eigenvalue weighted by Crippen LogP contribution is -2.27. The topological polar surface area (TPSA) is 128 Å². The summed E-state index contributed by atoms with van der Waals surface area (Å²) in [6, 6.07) is 23.8. The molecule has 0 unspecified atom stereocenters. The van der Waals surface area contributed by atoms with Gasteiger partial charge in [-0.05, 0) is 55.8 Å². The number of halogens is 1. The molecule has 0 aliphatic carbocycles. The van der Waals surface area contributed by atoms with Crippen LogP contribution in [0.15, 0.2) is 94.5 Å². The average molecular weight is 587 g/mol. The van der Waals surface area contributed by atoms with Crippen molar-refractivity contribution in [3.05, 3.63) is 139 Å². The second-order valence-corrected chi connectivity index (χ2v) is 9.62. The highest BCUT2D eigenvalue weighted by Gasteiger charge is 2.37. The zero-order valence-corrected chi connectivity index (χ0v) is 23.6. The van der Waals surface area contributed by atoms with Gasteiger partial charge in [-0.3, -0.25) is 19.8 Å². The SMILES string of the molecule is CCOC(=O)c1[nH]n(-c2ccccc2)c(=O)c1C(c1ccc(Cl)cc1)c1c(C(=O)OCC)[nH]n(-c2ccccc2)c1=O.